The lowest BCUT2D eigenvalue weighted by Crippen LogP contribution is -1.92. The van der Waals surface area contributed by atoms with E-state index in [9.17, 15) is 0 Å². The van der Waals surface area contributed by atoms with Gasteiger partial charge in [-0.05, 0) is 24.1 Å². The highest BCUT2D eigenvalue weighted by Crippen LogP contribution is 2.32. The Kier molecular flexibility index (Phi) is 1.41. The van der Waals surface area contributed by atoms with Crippen LogP contribution in [0.4, 0.5) is 5.69 Å². The number of anilines is 1. The van der Waals surface area contributed by atoms with Crippen molar-refractivity contribution < 1.29 is 4.42 Å². The molecule has 1 aliphatic heterocycles. The average molecular weight is 210 g/mol. The second-order valence-corrected chi connectivity index (χ2v) is 4.14. The summed E-state index contributed by atoms with van der Waals surface area (Å²) >= 11 is 0. The van der Waals surface area contributed by atoms with Gasteiger partial charge in [0.2, 0.25) is 0 Å². The van der Waals surface area contributed by atoms with Gasteiger partial charge in [0.25, 0.3) is 0 Å². The third kappa shape index (κ3) is 0.949. The van der Waals surface area contributed by atoms with Crippen LogP contribution in [0, 0.1) is 0 Å². The van der Waals surface area contributed by atoms with Crippen LogP contribution in [0.2, 0.25) is 0 Å². The fourth-order valence-corrected chi connectivity index (χ4v) is 2.41. The Morgan fingerprint density at radius 3 is 3.19 bits per heavy atom. The lowest BCUT2D eigenvalue weighted by atomic mass is 10.1. The third-order valence-corrected chi connectivity index (χ3v) is 3.19. The van der Waals surface area contributed by atoms with Crippen molar-refractivity contribution in [2.75, 3.05) is 11.9 Å². The van der Waals surface area contributed by atoms with E-state index in [0.717, 1.165) is 35.0 Å². The van der Waals surface area contributed by atoms with Gasteiger partial charge in [-0.25, -0.2) is 4.98 Å². The summed E-state index contributed by atoms with van der Waals surface area (Å²) in [6.45, 7) is 1.02. The lowest BCUT2D eigenvalue weighted by Gasteiger charge is -2.04. The number of nitrogens with one attached hydrogen (secondary N) is 1. The molecule has 0 atom stereocenters. The normalized spacial score (nSPS) is 14.2. The Labute approximate surface area is 92.1 Å². The SMILES string of the molecule is c1cc2nc3ccc4c(c3cc2o1)NCC4. The maximum atomic E-state index is 5.40. The van der Waals surface area contributed by atoms with E-state index in [2.05, 4.69) is 28.5 Å². The number of benzene rings is 1. The molecule has 78 valence electrons. The van der Waals surface area contributed by atoms with Crippen LogP contribution in [0.25, 0.3) is 22.0 Å². The van der Waals surface area contributed by atoms with Crippen LogP contribution >= 0.6 is 0 Å². The molecular weight excluding hydrogens is 200 g/mol. The molecule has 0 unspecified atom stereocenters. The molecule has 0 fully saturated rings. The first-order chi connectivity index (χ1) is 7.92. The maximum Gasteiger partial charge on any atom is 0.153 e. The number of rotatable bonds is 0. The number of hydrogen-bond acceptors (Lipinski definition) is 3. The smallest absolute Gasteiger partial charge is 0.153 e. The Balaban J connectivity index is 2.20. The average Bonchev–Trinajstić information content (AvgIpc) is 2.94. The zero-order valence-electron chi connectivity index (χ0n) is 8.66. The van der Waals surface area contributed by atoms with E-state index < -0.39 is 0 Å². The summed E-state index contributed by atoms with van der Waals surface area (Å²) in [5.74, 6) is 0. The number of aromatic nitrogens is 1. The fourth-order valence-electron chi connectivity index (χ4n) is 2.41. The van der Waals surface area contributed by atoms with Gasteiger partial charge < -0.3 is 9.73 Å². The first-order valence-electron chi connectivity index (χ1n) is 5.45. The molecule has 3 heterocycles. The van der Waals surface area contributed by atoms with Gasteiger partial charge in [0, 0.05) is 23.7 Å². The zero-order valence-corrected chi connectivity index (χ0v) is 8.66. The van der Waals surface area contributed by atoms with Crippen molar-refractivity contribution in [3.63, 3.8) is 0 Å². The minimum atomic E-state index is 0.856. The molecule has 0 bridgehead atoms. The predicted molar refractivity (Wildman–Crippen MR) is 63.7 cm³/mol. The van der Waals surface area contributed by atoms with Crippen LogP contribution < -0.4 is 5.32 Å². The molecule has 16 heavy (non-hydrogen) atoms. The molecule has 1 aliphatic rings. The van der Waals surface area contributed by atoms with E-state index in [1.807, 2.05) is 6.07 Å². The Morgan fingerprint density at radius 1 is 1.19 bits per heavy atom. The largest absolute Gasteiger partial charge is 0.463 e. The van der Waals surface area contributed by atoms with Crippen molar-refractivity contribution in [3.8, 4) is 0 Å². The highest BCUT2D eigenvalue weighted by atomic mass is 16.3. The second-order valence-electron chi connectivity index (χ2n) is 4.14. The van der Waals surface area contributed by atoms with Crippen molar-refractivity contribution in [1.82, 2.24) is 4.98 Å². The summed E-state index contributed by atoms with van der Waals surface area (Å²) in [6, 6.07) is 8.23. The third-order valence-electron chi connectivity index (χ3n) is 3.19. The zero-order chi connectivity index (χ0) is 10.5. The molecule has 3 heteroatoms. The molecule has 2 aromatic heterocycles. The molecule has 3 aromatic rings. The maximum absolute atomic E-state index is 5.40. The number of nitrogens with zero attached hydrogens (tertiary/aromatic N) is 1. The van der Waals surface area contributed by atoms with E-state index in [0.29, 0.717) is 0 Å². The summed E-state index contributed by atoms with van der Waals surface area (Å²) in [5, 5.41) is 4.58. The number of hydrogen-bond donors (Lipinski definition) is 1. The van der Waals surface area contributed by atoms with Gasteiger partial charge >= 0.3 is 0 Å². The van der Waals surface area contributed by atoms with Crippen LogP contribution in [-0.2, 0) is 6.42 Å². The van der Waals surface area contributed by atoms with E-state index in [1.54, 1.807) is 6.26 Å². The molecule has 0 radical (unpaired) electrons. The summed E-state index contributed by atoms with van der Waals surface area (Å²) in [6.07, 6.45) is 2.78. The topological polar surface area (TPSA) is 38.1 Å². The summed E-state index contributed by atoms with van der Waals surface area (Å²) < 4.78 is 5.40. The van der Waals surface area contributed by atoms with Gasteiger partial charge in [-0.3, -0.25) is 0 Å². The monoisotopic (exact) mass is 210 g/mol. The molecule has 0 saturated heterocycles. The van der Waals surface area contributed by atoms with Gasteiger partial charge in [-0.1, -0.05) is 6.07 Å². The van der Waals surface area contributed by atoms with Crippen molar-refractivity contribution in [2.24, 2.45) is 0 Å². The highest BCUT2D eigenvalue weighted by molar-refractivity contribution is 5.99. The van der Waals surface area contributed by atoms with Gasteiger partial charge in [-0.15, -0.1) is 0 Å². The van der Waals surface area contributed by atoms with Crippen molar-refractivity contribution in [1.29, 1.82) is 0 Å². The van der Waals surface area contributed by atoms with Crippen molar-refractivity contribution in [2.45, 2.75) is 6.42 Å². The lowest BCUT2D eigenvalue weighted by molar-refractivity contribution is 0.616. The van der Waals surface area contributed by atoms with Crippen LogP contribution in [0.5, 0.6) is 0 Å². The van der Waals surface area contributed by atoms with Gasteiger partial charge in [-0.2, -0.15) is 0 Å². The molecule has 3 nitrogen and oxygen atoms in total. The standard InChI is InChI=1S/C13H10N2O/c1-2-10-9(13-8(1)3-5-14-13)7-12-11(15-10)4-6-16-12/h1-2,4,6-7,14H,3,5H2. The summed E-state index contributed by atoms with van der Waals surface area (Å²) in [4.78, 5) is 4.58. The van der Waals surface area contributed by atoms with Crippen LogP contribution in [0.1, 0.15) is 5.56 Å². The Bertz CT molecular complexity index is 700. The minimum absolute atomic E-state index is 0.856. The van der Waals surface area contributed by atoms with Crippen molar-refractivity contribution in [3.05, 3.63) is 36.1 Å². The van der Waals surface area contributed by atoms with Gasteiger partial charge in [0.1, 0.15) is 5.52 Å². The summed E-state index contributed by atoms with van der Waals surface area (Å²) in [5.41, 5.74) is 5.41. The second kappa shape index (κ2) is 2.76. The number of furan rings is 1. The quantitative estimate of drug-likeness (QED) is 0.620. The summed E-state index contributed by atoms with van der Waals surface area (Å²) in [7, 11) is 0. The van der Waals surface area contributed by atoms with Crippen LogP contribution in [-0.4, -0.2) is 11.5 Å². The van der Waals surface area contributed by atoms with Gasteiger partial charge in [0.15, 0.2) is 5.58 Å². The Hall–Kier alpha value is -2.03. The van der Waals surface area contributed by atoms with E-state index in [-0.39, 0.29) is 0 Å². The number of fused-ring (bicyclic) bond motifs is 4. The fraction of sp³-hybridized carbons (Fsp3) is 0.154. The first kappa shape index (κ1) is 8.16. The molecule has 0 spiro atoms. The van der Waals surface area contributed by atoms with E-state index in [1.165, 1.54) is 11.3 Å². The molecule has 0 aliphatic carbocycles. The Morgan fingerprint density at radius 2 is 2.19 bits per heavy atom. The molecular formula is C13H10N2O. The minimum Gasteiger partial charge on any atom is -0.463 e. The van der Waals surface area contributed by atoms with Crippen LogP contribution in [0.15, 0.2) is 34.9 Å². The van der Waals surface area contributed by atoms with Crippen LogP contribution in [0.3, 0.4) is 0 Å². The molecule has 0 amide bonds. The molecule has 4 rings (SSSR count). The highest BCUT2D eigenvalue weighted by Gasteiger charge is 2.14. The van der Waals surface area contributed by atoms with E-state index >= 15 is 0 Å². The molecule has 1 aromatic carbocycles. The predicted octanol–water partition coefficient (Wildman–Crippen LogP) is 2.95. The molecule has 1 N–H and O–H groups in total. The van der Waals surface area contributed by atoms with Gasteiger partial charge in [0.05, 0.1) is 11.8 Å². The number of pyridine rings is 1. The first-order valence-corrected chi connectivity index (χ1v) is 5.45. The van der Waals surface area contributed by atoms with E-state index in [4.69, 9.17) is 4.42 Å². The molecule has 0 saturated carbocycles. The van der Waals surface area contributed by atoms with Crippen molar-refractivity contribution >= 4 is 27.7 Å².